The van der Waals surface area contributed by atoms with Gasteiger partial charge in [-0.15, -0.1) is 0 Å². The van der Waals surface area contributed by atoms with Gasteiger partial charge in [0.25, 0.3) is 0 Å². The standard InChI is InChI=1S/C27H54O5Si2/c1-19(2)34(20(3)4)29-18-25-22(6)13-15-27(31-25)14-12-21(5)24(30-27)16-23(32-34)17-28-33(10,11)26(7,8)9/h19-25H,12-18H2,1-11H3/t21-,22-,23-,24+,25-,27-/m0/s1. The summed E-state index contributed by atoms with van der Waals surface area (Å²) in [5, 5.41) is 0.168. The molecular formula is C27H54O5Si2. The van der Waals surface area contributed by atoms with Crippen molar-refractivity contribution in [3.8, 4) is 0 Å². The molecule has 0 aromatic rings. The largest absolute Gasteiger partial charge is 0.414 e. The third kappa shape index (κ3) is 6.03. The summed E-state index contributed by atoms with van der Waals surface area (Å²) >= 11 is 0. The second kappa shape index (κ2) is 10.5. The van der Waals surface area contributed by atoms with E-state index in [-0.39, 0.29) is 23.4 Å². The lowest BCUT2D eigenvalue weighted by atomic mass is 9.83. The average molecular weight is 515 g/mol. The van der Waals surface area contributed by atoms with Crippen LogP contribution in [-0.4, -0.2) is 54.2 Å². The van der Waals surface area contributed by atoms with E-state index in [0.29, 0.717) is 36.1 Å². The fraction of sp³-hybridized carbons (Fsp3) is 1.00. The summed E-state index contributed by atoms with van der Waals surface area (Å²) < 4.78 is 34.5. The molecule has 3 heterocycles. The van der Waals surface area contributed by atoms with Crippen LogP contribution in [0.1, 0.15) is 94.4 Å². The van der Waals surface area contributed by atoms with E-state index in [9.17, 15) is 0 Å². The monoisotopic (exact) mass is 514 g/mol. The van der Waals surface area contributed by atoms with Crippen molar-refractivity contribution in [3.05, 3.63) is 0 Å². The van der Waals surface area contributed by atoms with E-state index in [2.05, 4.69) is 75.4 Å². The molecule has 0 aliphatic carbocycles. The van der Waals surface area contributed by atoms with Gasteiger partial charge in [0.2, 0.25) is 0 Å². The van der Waals surface area contributed by atoms with Gasteiger partial charge in [-0.2, -0.15) is 0 Å². The molecule has 0 aromatic heterocycles. The number of hydrogen-bond donors (Lipinski definition) is 0. The third-order valence-electron chi connectivity index (χ3n) is 9.33. The van der Waals surface area contributed by atoms with E-state index in [1.54, 1.807) is 0 Å². The van der Waals surface area contributed by atoms with Gasteiger partial charge in [0.05, 0.1) is 31.5 Å². The van der Waals surface area contributed by atoms with E-state index < -0.39 is 22.7 Å². The topological polar surface area (TPSA) is 46.2 Å². The maximum atomic E-state index is 7.20. The van der Waals surface area contributed by atoms with E-state index in [0.717, 1.165) is 32.1 Å². The molecule has 3 aliphatic rings. The first kappa shape index (κ1) is 28.8. The van der Waals surface area contributed by atoms with Crippen molar-refractivity contribution in [2.45, 2.75) is 148 Å². The summed E-state index contributed by atoms with van der Waals surface area (Å²) in [6.07, 6.45) is 5.25. The average Bonchev–Trinajstić information content (AvgIpc) is 2.74. The van der Waals surface area contributed by atoms with Gasteiger partial charge in [0, 0.05) is 19.3 Å². The number of fused-ring (bicyclic) bond motifs is 2. The second-order valence-electron chi connectivity index (χ2n) is 13.6. The minimum atomic E-state index is -2.56. The molecule has 0 amide bonds. The van der Waals surface area contributed by atoms with Gasteiger partial charge >= 0.3 is 8.56 Å². The van der Waals surface area contributed by atoms with Gasteiger partial charge in [0.15, 0.2) is 14.1 Å². The van der Waals surface area contributed by atoms with Crippen molar-refractivity contribution in [3.63, 3.8) is 0 Å². The Morgan fingerprint density at radius 3 is 2.00 bits per heavy atom. The minimum absolute atomic E-state index is 0.0245. The van der Waals surface area contributed by atoms with Crippen LogP contribution in [-0.2, 0) is 22.8 Å². The van der Waals surface area contributed by atoms with Crippen LogP contribution in [0, 0.1) is 11.8 Å². The Morgan fingerprint density at radius 1 is 0.941 bits per heavy atom. The highest BCUT2D eigenvalue weighted by molar-refractivity contribution is 6.74. The highest BCUT2D eigenvalue weighted by Gasteiger charge is 2.52. The van der Waals surface area contributed by atoms with Crippen molar-refractivity contribution in [1.82, 2.24) is 0 Å². The molecule has 7 heteroatoms. The molecule has 3 aliphatic heterocycles. The van der Waals surface area contributed by atoms with Crippen molar-refractivity contribution >= 4 is 16.9 Å². The molecule has 0 unspecified atom stereocenters. The van der Waals surface area contributed by atoms with Gasteiger partial charge < -0.3 is 22.8 Å². The Morgan fingerprint density at radius 2 is 1.47 bits per heavy atom. The fourth-order valence-corrected chi connectivity index (χ4v) is 10.4. The quantitative estimate of drug-likeness (QED) is 0.358. The lowest BCUT2D eigenvalue weighted by molar-refractivity contribution is -0.334. The number of rotatable bonds is 5. The van der Waals surface area contributed by atoms with E-state index >= 15 is 0 Å². The third-order valence-corrected chi connectivity index (χ3v) is 18.4. The van der Waals surface area contributed by atoms with Crippen LogP contribution in [0.4, 0.5) is 0 Å². The van der Waals surface area contributed by atoms with Crippen LogP contribution in [0.5, 0.6) is 0 Å². The maximum absolute atomic E-state index is 7.20. The van der Waals surface area contributed by atoms with Crippen molar-refractivity contribution in [2.24, 2.45) is 11.8 Å². The van der Waals surface area contributed by atoms with Gasteiger partial charge in [-0.25, -0.2) is 0 Å². The normalized spacial score (nSPS) is 37.5. The molecule has 5 nitrogen and oxygen atoms in total. The molecular weight excluding hydrogens is 460 g/mol. The van der Waals surface area contributed by atoms with Gasteiger partial charge in [-0.05, 0) is 53.9 Å². The predicted molar refractivity (Wildman–Crippen MR) is 144 cm³/mol. The summed E-state index contributed by atoms with van der Waals surface area (Å²) in [5.74, 6) is 0.505. The molecule has 3 saturated heterocycles. The summed E-state index contributed by atoms with van der Waals surface area (Å²) in [5.41, 5.74) is 0.684. The van der Waals surface area contributed by atoms with E-state index in [4.69, 9.17) is 22.8 Å². The van der Waals surface area contributed by atoms with Crippen molar-refractivity contribution in [1.29, 1.82) is 0 Å². The smallest absolute Gasteiger partial charge is 0.343 e. The minimum Gasteiger partial charge on any atom is -0.414 e. The van der Waals surface area contributed by atoms with Crippen LogP contribution in [0.2, 0.25) is 29.2 Å². The summed E-state index contributed by atoms with van der Waals surface area (Å²) in [4.78, 5) is 0. The first-order valence-corrected chi connectivity index (χ1v) is 18.8. The Kier molecular flexibility index (Phi) is 8.93. The SMILES string of the molecule is CC(C)[Si]1(C(C)C)OC[C@@H]2O[C@]3(CC[C@@H]2C)CC[C@H](C)[C@@H](C[C@@H](CO[Si](C)(C)C(C)(C)C)O1)O3. The van der Waals surface area contributed by atoms with E-state index in [1.165, 1.54) is 0 Å². The van der Waals surface area contributed by atoms with Crippen LogP contribution in [0.3, 0.4) is 0 Å². The molecule has 6 atom stereocenters. The molecule has 0 radical (unpaired) electrons. The van der Waals surface area contributed by atoms with Gasteiger partial charge in [-0.3, -0.25) is 0 Å². The van der Waals surface area contributed by atoms with Crippen LogP contribution >= 0.6 is 0 Å². The Balaban J connectivity index is 1.96. The van der Waals surface area contributed by atoms with Crippen molar-refractivity contribution < 1.29 is 22.8 Å². The molecule has 0 N–H and O–H groups in total. The van der Waals surface area contributed by atoms with Crippen LogP contribution < -0.4 is 0 Å². The summed E-state index contributed by atoms with van der Waals surface area (Å²) in [7, 11) is -4.46. The van der Waals surface area contributed by atoms with Gasteiger partial charge in [0.1, 0.15) is 0 Å². The van der Waals surface area contributed by atoms with Crippen LogP contribution in [0.25, 0.3) is 0 Å². The zero-order valence-electron chi connectivity index (χ0n) is 24.0. The maximum Gasteiger partial charge on any atom is 0.343 e. The summed E-state index contributed by atoms with van der Waals surface area (Å²) in [6.45, 7) is 26.5. The Hall–Kier alpha value is 0.234. The summed E-state index contributed by atoms with van der Waals surface area (Å²) in [6, 6.07) is 0. The highest BCUT2D eigenvalue weighted by Crippen LogP contribution is 2.46. The zero-order chi connectivity index (χ0) is 25.5. The molecule has 3 fully saturated rings. The first-order valence-electron chi connectivity index (χ1n) is 13.9. The molecule has 1 spiro atoms. The number of ether oxygens (including phenoxy) is 2. The van der Waals surface area contributed by atoms with Crippen molar-refractivity contribution in [2.75, 3.05) is 13.2 Å². The highest BCUT2D eigenvalue weighted by atomic mass is 28.4. The lowest BCUT2D eigenvalue weighted by Gasteiger charge is -2.49. The zero-order valence-corrected chi connectivity index (χ0v) is 26.0. The number of hydrogen-bond acceptors (Lipinski definition) is 5. The molecule has 0 aromatic carbocycles. The second-order valence-corrected chi connectivity index (χ2v) is 22.7. The Bertz CT molecular complexity index is 664. The Labute approximate surface area is 212 Å². The fourth-order valence-electron chi connectivity index (χ4n) is 5.62. The molecule has 200 valence electrons. The van der Waals surface area contributed by atoms with Gasteiger partial charge in [-0.1, -0.05) is 62.3 Å². The molecule has 3 bridgehead atoms. The van der Waals surface area contributed by atoms with Crippen LogP contribution in [0.15, 0.2) is 0 Å². The molecule has 3 rings (SSSR count). The van der Waals surface area contributed by atoms with E-state index in [1.807, 2.05) is 0 Å². The first-order chi connectivity index (χ1) is 15.6. The molecule has 34 heavy (non-hydrogen) atoms. The predicted octanol–water partition coefficient (Wildman–Crippen LogP) is 7.40. The lowest BCUT2D eigenvalue weighted by Crippen LogP contribution is -2.54. The molecule has 0 saturated carbocycles.